The van der Waals surface area contributed by atoms with E-state index >= 15 is 0 Å². The fourth-order valence-corrected chi connectivity index (χ4v) is 8.37. The quantitative estimate of drug-likeness (QED) is 0.236. The zero-order valence-corrected chi connectivity index (χ0v) is 22.6. The van der Waals surface area contributed by atoms with Crippen molar-refractivity contribution in [3.05, 3.63) is 121 Å². The van der Waals surface area contributed by atoms with E-state index < -0.39 is 7.14 Å². The highest BCUT2D eigenvalue weighted by Gasteiger charge is 2.42. The summed E-state index contributed by atoms with van der Waals surface area (Å²) in [5, 5.41) is 2.72. The van der Waals surface area contributed by atoms with E-state index in [0.717, 1.165) is 43.9 Å². The van der Waals surface area contributed by atoms with Crippen LogP contribution in [0.3, 0.4) is 0 Å². The molecule has 3 nitrogen and oxygen atoms in total. The predicted molar refractivity (Wildman–Crippen MR) is 152 cm³/mol. The number of hydrogen-bond donors (Lipinski definition) is 0. The molecule has 0 spiro atoms. The largest absolute Gasteiger partial charge is 0.308 e. The number of aryl methyl sites for hydroxylation is 1. The fraction of sp³-hybridized carbons (Fsp3) is 0.152. The van der Waals surface area contributed by atoms with Crippen LogP contribution in [0, 0.1) is 0 Å². The summed E-state index contributed by atoms with van der Waals surface area (Å²) in [4.78, 5) is 0. The van der Waals surface area contributed by atoms with E-state index in [9.17, 15) is 4.57 Å². The number of benzene rings is 3. The Morgan fingerprint density at radius 1 is 0.676 bits per heavy atom. The average molecular weight is 503 g/mol. The molecule has 2 aromatic heterocycles. The second kappa shape index (κ2) is 8.64. The van der Waals surface area contributed by atoms with Crippen LogP contribution in [0.15, 0.2) is 116 Å². The maximum Gasteiger partial charge on any atom is 0.210 e. The number of hydrogen-bond acceptors (Lipinski definition) is 1. The highest BCUT2D eigenvalue weighted by molar-refractivity contribution is 7.86. The van der Waals surface area contributed by atoms with Crippen LogP contribution in [0.5, 0.6) is 0 Å². The second-order valence-electron chi connectivity index (χ2n) is 10.9. The van der Waals surface area contributed by atoms with Crippen molar-refractivity contribution in [3.63, 3.8) is 0 Å². The molecule has 0 bridgehead atoms. The summed E-state index contributed by atoms with van der Waals surface area (Å²) in [7, 11) is -0.993. The Labute approximate surface area is 219 Å². The maximum absolute atomic E-state index is 14.9. The molecule has 0 N–H and O–H groups in total. The van der Waals surface area contributed by atoms with Gasteiger partial charge < -0.3 is 4.57 Å². The Balaban J connectivity index is 1.41. The van der Waals surface area contributed by atoms with E-state index in [1.165, 1.54) is 5.56 Å². The molecule has 3 aromatic carbocycles. The van der Waals surface area contributed by atoms with Gasteiger partial charge in [-0.1, -0.05) is 75.4 Å². The molecule has 0 aliphatic carbocycles. The Morgan fingerprint density at radius 2 is 1.35 bits per heavy atom. The lowest BCUT2D eigenvalue weighted by Gasteiger charge is -2.18. The molecule has 1 aliphatic heterocycles. The van der Waals surface area contributed by atoms with Crippen LogP contribution >= 0.6 is 7.14 Å². The summed E-state index contributed by atoms with van der Waals surface area (Å²) in [5.74, 6) is 0. The third kappa shape index (κ3) is 3.95. The Kier molecular flexibility index (Phi) is 5.51. The number of pyridine rings is 2. The molecule has 182 valence electrons. The molecule has 0 saturated carbocycles. The fourth-order valence-electron chi connectivity index (χ4n) is 5.23. The third-order valence-corrected chi connectivity index (χ3v) is 10.5. The highest BCUT2D eigenvalue weighted by Crippen LogP contribution is 2.52. The van der Waals surface area contributed by atoms with E-state index in [1.807, 2.05) is 54.3 Å². The van der Waals surface area contributed by atoms with Crippen molar-refractivity contribution in [2.45, 2.75) is 26.2 Å². The van der Waals surface area contributed by atoms with Crippen molar-refractivity contribution < 1.29 is 13.7 Å². The standard InChI is InChI=1S/C33H31N2OP/c1-33(2,3)26-11-13-27(14-12-26)35-20-16-24(17-21-35)25-10-15-29-30-18-19-34(4)23-32(30)37(36,31(29)22-25)28-8-6-5-7-9-28/h5-23H,1-4H3/q+2. The van der Waals surface area contributed by atoms with Crippen molar-refractivity contribution in [2.75, 3.05) is 0 Å². The molecule has 5 aromatic rings. The first-order valence-electron chi connectivity index (χ1n) is 12.7. The number of nitrogens with zero attached hydrogens (tertiary/aromatic N) is 2. The van der Waals surface area contributed by atoms with E-state index in [0.29, 0.717) is 0 Å². The maximum atomic E-state index is 14.9. The van der Waals surface area contributed by atoms with Gasteiger partial charge in [-0.05, 0) is 33.7 Å². The molecule has 6 rings (SSSR count). The minimum absolute atomic E-state index is 0.136. The summed E-state index contributed by atoms with van der Waals surface area (Å²) < 4.78 is 19.0. The summed E-state index contributed by atoms with van der Waals surface area (Å²) in [6, 6.07) is 31.4. The van der Waals surface area contributed by atoms with Gasteiger partial charge in [0, 0.05) is 46.5 Å². The van der Waals surface area contributed by atoms with Crippen LogP contribution < -0.4 is 25.0 Å². The lowest BCUT2D eigenvalue weighted by Crippen LogP contribution is -2.33. The summed E-state index contributed by atoms with van der Waals surface area (Å²) in [5.41, 5.74) is 6.90. The van der Waals surface area contributed by atoms with Crippen molar-refractivity contribution in [2.24, 2.45) is 7.05 Å². The minimum atomic E-state index is -2.98. The summed E-state index contributed by atoms with van der Waals surface area (Å²) in [6.45, 7) is 6.70. The molecule has 0 fully saturated rings. The monoisotopic (exact) mass is 502 g/mol. The molecular weight excluding hydrogens is 471 g/mol. The van der Waals surface area contributed by atoms with E-state index in [-0.39, 0.29) is 5.41 Å². The third-order valence-electron chi connectivity index (χ3n) is 7.36. The van der Waals surface area contributed by atoms with Gasteiger partial charge in [-0.15, -0.1) is 0 Å². The van der Waals surface area contributed by atoms with Crippen molar-refractivity contribution in [3.8, 4) is 27.9 Å². The zero-order chi connectivity index (χ0) is 25.8. The van der Waals surface area contributed by atoms with Crippen molar-refractivity contribution in [1.29, 1.82) is 0 Å². The first-order chi connectivity index (χ1) is 17.7. The lowest BCUT2D eigenvalue weighted by atomic mass is 9.87. The Bertz CT molecular complexity index is 1670. The predicted octanol–water partition coefficient (Wildman–Crippen LogP) is 5.37. The van der Waals surface area contributed by atoms with Crippen molar-refractivity contribution in [1.82, 2.24) is 0 Å². The van der Waals surface area contributed by atoms with E-state index in [4.69, 9.17) is 0 Å². The molecule has 1 unspecified atom stereocenters. The van der Waals surface area contributed by atoms with Gasteiger partial charge in [-0.25, -0.2) is 4.57 Å². The molecule has 0 amide bonds. The van der Waals surface area contributed by atoms with Gasteiger partial charge in [0.2, 0.25) is 5.69 Å². The van der Waals surface area contributed by atoms with Gasteiger partial charge in [0.05, 0.1) is 5.30 Å². The van der Waals surface area contributed by atoms with Gasteiger partial charge in [0.15, 0.2) is 31.9 Å². The summed E-state index contributed by atoms with van der Waals surface area (Å²) in [6.07, 6.45) is 8.25. The van der Waals surface area contributed by atoms with Crippen LogP contribution in [0.4, 0.5) is 0 Å². The molecule has 37 heavy (non-hydrogen) atoms. The first kappa shape index (κ1) is 23.6. The highest BCUT2D eigenvalue weighted by atomic mass is 31.2. The van der Waals surface area contributed by atoms with Crippen LogP contribution in [0.25, 0.3) is 27.9 Å². The molecule has 1 aliphatic rings. The van der Waals surface area contributed by atoms with Gasteiger partial charge in [-0.3, -0.25) is 0 Å². The molecule has 0 saturated heterocycles. The van der Waals surface area contributed by atoms with E-state index in [2.05, 4.69) is 98.4 Å². The number of aromatic nitrogens is 2. The summed E-state index contributed by atoms with van der Waals surface area (Å²) >= 11 is 0. The smallest absolute Gasteiger partial charge is 0.210 e. The van der Waals surface area contributed by atoms with Crippen LogP contribution in [0.1, 0.15) is 26.3 Å². The Hall–Kier alpha value is -3.81. The molecular formula is C33H31N2OP+2. The molecule has 0 radical (unpaired) electrons. The van der Waals surface area contributed by atoms with Gasteiger partial charge >= 0.3 is 0 Å². The van der Waals surface area contributed by atoms with Gasteiger partial charge in [-0.2, -0.15) is 4.57 Å². The molecule has 4 heteroatoms. The van der Waals surface area contributed by atoms with Crippen molar-refractivity contribution >= 4 is 23.1 Å². The van der Waals surface area contributed by atoms with Crippen LogP contribution in [0.2, 0.25) is 0 Å². The van der Waals surface area contributed by atoms with Crippen LogP contribution in [-0.2, 0) is 17.0 Å². The SMILES string of the molecule is C[n+]1ccc2c(c1)P(=O)(c1ccccc1)c1cc(-c3cc[n+](-c4ccc(C(C)(C)C)cc4)cc3)ccc1-2. The topological polar surface area (TPSA) is 24.8 Å². The average Bonchev–Trinajstić information content (AvgIpc) is 3.17. The normalized spacial score (nSPS) is 16.3. The van der Waals surface area contributed by atoms with Gasteiger partial charge in [0.1, 0.15) is 7.05 Å². The lowest BCUT2D eigenvalue weighted by molar-refractivity contribution is -0.670. The number of rotatable bonds is 3. The van der Waals surface area contributed by atoms with Gasteiger partial charge in [0.25, 0.3) is 0 Å². The molecule has 1 atom stereocenters. The number of fused-ring (bicyclic) bond motifs is 3. The first-order valence-corrected chi connectivity index (χ1v) is 14.4. The van der Waals surface area contributed by atoms with E-state index in [1.54, 1.807) is 0 Å². The van der Waals surface area contributed by atoms with Crippen LogP contribution in [-0.4, -0.2) is 0 Å². The zero-order valence-electron chi connectivity index (χ0n) is 21.7. The molecule has 3 heterocycles. The Morgan fingerprint density at radius 3 is 2.03 bits per heavy atom. The second-order valence-corrected chi connectivity index (χ2v) is 13.6. The minimum Gasteiger partial charge on any atom is -0.308 e.